The van der Waals surface area contributed by atoms with Crippen molar-refractivity contribution in [2.24, 2.45) is 11.7 Å². The van der Waals surface area contributed by atoms with Crippen molar-refractivity contribution >= 4 is 12.0 Å². The Morgan fingerprint density at radius 2 is 2.04 bits per heavy atom. The summed E-state index contributed by atoms with van der Waals surface area (Å²) in [6, 6.07) is 7.81. The summed E-state index contributed by atoms with van der Waals surface area (Å²) in [5, 5.41) is 0. The molecule has 5 nitrogen and oxygen atoms in total. The second-order valence-electron chi connectivity index (χ2n) is 6.28. The summed E-state index contributed by atoms with van der Waals surface area (Å²) in [7, 11) is 0. The molecule has 0 aliphatic carbocycles. The Labute approximate surface area is 137 Å². The molecule has 1 aromatic rings. The van der Waals surface area contributed by atoms with Gasteiger partial charge < -0.3 is 15.4 Å². The van der Waals surface area contributed by atoms with Gasteiger partial charge in [-0.1, -0.05) is 36.8 Å². The number of piperidine rings is 1. The van der Waals surface area contributed by atoms with Crippen LogP contribution in [0.1, 0.15) is 37.3 Å². The lowest BCUT2D eigenvalue weighted by Gasteiger charge is -2.31. The maximum atomic E-state index is 12.4. The summed E-state index contributed by atoms with van der Waals surface area (Å²) < 4.78 is 5.68. The fourth-order valence-electron chi connectivity index (χ4n) is 2.89. The number of primary amides is 1. The molecule has 1 aliphatic rings. The number of hydrogen-bond acceptors (Lipinski definition) is 3. The maximum Gasteiger partial charge on any atom is 0.314 e. The Hall–Kier alpha value is -2.04. The zero-order valence-corrected chi connectivity index (χ0v) is 14.0. The number of likely N-dealkylation sites (tertiary alicyclic amines) is 1. The zero-order chi connectivity index (χ0) is 16.8. The molecule has 0 radical (unpaired) electrons. The van der Waals surface area contributed by atoms with Crippen LogP contribution in [0, 0.1) is 12.8 Å². The maximum absolute atomic E-state index is 12.4. The molecule has 0 aromatic heterocycles. The summed E-state index contributed by atoms with van der Waals surface area (Å²) in [6.07, 6.45) is 2.90. The van der Waals surface area contributed by atoms with E-state index in [1.54, 1.807) is 0 Å². The lowest BCUT2D eigenvalue weighted by Crippen LogP contribution is -2.45. The van der Waals surface area contributed by atoms with Crippen LogP contribution in [-0.2, 0) is 16.0 Å². The van der Waals surface area contributed by atoms with Gasteiger partial charge >= 0.3 is 12.0 Å². The topological polar surface area (TPSA) is 72.6 Å². The van der Waals surface area contributed by atoms with Crippen molar-refractivity contribution in [3.8, 4) is 0 Å². The lowest BCUT2D eigenvalue weighted by atomic mass is 9.98. The van der Waals surface area contributed by atoms with Crippen molar-refractivity contribution in [2.75, 3.05) is 13.1 Å². The summed E-state index contributed by atoms with van der Waals surface area (Å²) in [5.74, 6) is -0.474. The molecule has 2 atom stereocenters. The first-order valence-corrected chi connectivity index (χ1v) is 8.30. The van der Waals surface area contributed by atoms with E-state index in [0.29, 0.717) is 13.1 Å². The number of esters is 1. The summed E-state index contributed by atoms with van der Waals surface area (Å²) in [4.78, 5) is 25.2. The van der Waals surface area contributed by atoms with Gasteiger partial charge in [0, 0.05) is 19.5 Å². The fourth-order valence-corrected chi connectivity index (χ4v) is 2.89. The molecule has 2 amide bonds. The van der Waals surface area contributed by atoms with Gasteiger partial charge in [0.05, 0.1) is 5.92 Å². The number of carbonyl (C=O) groups excluding carboxylic acids is 2. The van der Waals surface area contributed by atoms with Crippen LogP contribution in [0.5, 0.6) is 0 Å². The van der Waals surface area contributed by atoms with Gasteiger partial charge in [-0.15, -0.1) is 0 Å². The van der Waals surface area contributed by atoms with Gasteiger partial charge in [-0.3, -0.25) is 4.79 Å². The normalized spacial score (nSPS) is 19.2. The standard InChI is InChI=1S/C18H26N2O3/c1-3-16(11-14-8-6-13(2)7-9-14)23-17(21)15-5-4-10-20(12-15)18(19)22/h6-9,15-16H,3-5,10-12H2,1-2H3,(H2,19,22)/t15-,16+/m1/s1. The molecule has 126 valence electrons. The smallest absolute Gasteiger partial charge is 0.314 e. The average molecular weight is 318 g/mol. The third-order valence-electron chi connectivity index (χ3n) is 4.39. The minimum Gasteiger partial charge on any atom is -0.462 e. The Bertz CT molecular complexity index is 542. The molecular formula is C18H26N2O3. The summed E-state index contributed by atoms with van der Waals surface area (Å²) in [6.45, 7) is 5.06. The second kappa shape index (κ2) is 7.99. The van der Waals surface area contributed by atoms with Gasteiger partial charge in [-0.25, -0.2) is 4.79 Å². The van der Waals surface area contributed by atoms with E-state index >= 15 is 0 Å². The molecule has 1 aromatic carbocycles. The molecule has 1 aliphatic heterocycles. The van der Waals surface area contributed by atoms with E-state index in [1.807, 2.05) is 6.92 Å². The van der Waals surface area contributed by atoms with E-state index in [-0.39, 0.29) is 18.0 Å². The van der Waals surface area contributed by atoms with Crippen molar-refractivity contribution in [3.05, 3.63) is 35.4 Å². The molecule has 1 fully saturated rings. The third-order valence-corrected chi connectivity index (χ3v) is 4.39. The average Bonchev–Trinajstić information content (AvgIpc) is 2.56. The largest absolute Gasteiger partial charge is 0.462 e. The SMILES string of the molecule is CC[C@@H](Cc1ccc(C)cc1)OC(=O)[C@@H]1CCCN(C(N)=O)C1. The minimum absolute atomic E-state index is 0.130. The van der Waals surface area contributed by atoms with Crippen LogP contribution < -0.4 is 5.73 Å². The van der Waals surface area contributed by atoms with E-state index in [0.717, 1.165) is 31.2 Å². The number of nitrogens with zero attached hydrogens (tertiary/aromatic N) is 1. The first-order valence-electron chi connectivity index (χ1n) is 8.30. The van der Waals surface area contributed by atoms with Crippen LogP contribution in [0.4, 0.5) is 4.79 Å². The fraction of sp³-hybridized carbons (Fsp3) is 0.556. The molecule has 1 saturated heterocycles. The predicted molar refractivity (Wildman–Crippen MR) is 88.9 cm³/mol. The van der Waals surface area contributed by atoms with E-state index in [1.165, 1.54) is 10.5 Å². The van der Waals surface area contributed by atoms with E-state index < -0.39 is 6.03 Å². The summed E-state index contributed by atoms with van der Waals surface area (Å²) in [5.41, 5.74) is 7.69. The van der Waals surface area contributed by atoms with Crippen LogP contribution in [0.2, 0.25) is 0 Å². The molecule has 0 unspecified atom stereocenters. The Balaban J connectivity index is 1.91. The second-order valence-corrected chi connectivity index (χ2v) is 6.28. The number of carbonyl (C=O) groups is 2. The third kappa shape index (κ3) is 4.98. The monoisotopic (exact) mass is 318 g/mol. The van der Waals surface area contributed by atoms with Gasteiger partial charge in [-0.05, 0) is 31.7 Å². The van der Waals surface area contributed by atoms with E-state index in [4.69, 9.17) is 10.5 Å². The number of benzene rings is 1. The van der Waals surface area contributed by atoms with Gasteiger partial charge in [0.2, 0.25) is 0 Å². The number of amides is 2. The molecule has 23 heavy (non-hydrogen) atoms. The molecule has 0 bridgehead atoms. The Morgan fingerprint density at radius 3 is 2.65 bits per heavy atom. The molecule has 1 heterocycles. The molecule has 0 spiro atoms. The van der Waals surface area contributed by atoms with Crippen molar-refractivity contribution in [1.82, 2.24) is 4.90 Å². The Kier molecular flexibility index (Phi) is 6.02. The highest BCUT2D eigenvalue weighted by Crippen LogP contribution is 2.20. The number of nitrogens with two attached hydrogens (primary N) is 1. The quantitative estimate of drug-likeness (QED) is 0.848. The molecule has 5 heteroatoms. The number of hydrogen-bond donors (Lipinski definition) is 1. The van der Waals surface area contributed by atoms with Crippen LogP contribution in [0.25, 0.3) is 0 Å². The highest BCUT2D eigenvalue weighted by Gasteiger charge is 2.29. The highest BCUT2D eigenvalue weighted by atomic mass is 16.5. The van der Waals surface area contributed by atoms with Crippen molar-refractivity contribution in [1.29, 1.82) is 0 Å². The molecule has 2 N–H and O–H groups in total. The number of urea groups is 1. The van der Waals surface area contributed by atoms with Crippen LogP contribution in [0.3, 0.4) is 0 Å². The van der Waals surface area contributed by atoms with E-state index in [2.05, 4.69) is 31.2 Å². The highest BCUT2D eigenvalue weighted by molar-refractivity contribution is 5.76. The van der Waals surface area contributed by atoms with Gasteiger partial charge in [0.25, 0.3) is 0 Å². The van der Waals surface area contributed by atoms with Crippen LogP contribution in [-0.4, -0.2) is 36.1 Å². The van der Waals surface area contributed by atoms with Gasteiger partial charge in [-0.2, -0.15) is 0 Å². The van der Waals surface area contributed by atoms with Gasteiger partial charge in [0.1, 0.15) is 6.10 Å². The van der Waals surface area contributed by atoms with Crippen LogP contribution >= 0.6 is 0 Å². The van der Waals surface area contributed by atoms with Crippen LogP contribution in [0.15, 0.2) is 24.3 Å². The molecular weight excluding hydrogens is 292 g/mol. The Morgan fingerprint density at radius 1 is 1.35 bits per heavy atom. The summed E-state index contributed by atoms with van der Waals surface area (Å²) >= 11 is 0. The van der Waals surface area contributed by atoms with Gasteiger partial charge in [0.15, 0.2) is 0 Å². The molecule has 0 saturated carbocycles. The first-order chi connectivity index (χ1) is 11.0. The van der Waals surface area contributed by atoms with Crippen molar-refractivity contribution < 1.29 is 14.3 Å². The lowest BCUT2D eigenvalue weighted by molar-refractivity contribution is -0.155. The number of rotatable bonds is 5. The first kappa shape index (κ1) is 17.3. The molecule has 2 rings (SSSR count). The zero-order valence-electron chi connectivity index (χ0n) is 14.0. The predicted octanol–water partition coefficient (Wildman–Crippen LogP) is 2.65. The van der Waals surface area contributed by atoms with E-state index in [9.17, 15) is 9.59 Å². The number of aryl methyl sites for hydroxylation is 1. The van der Waals surface area contributed by atoms with Crippen molar-refractivity contribution in [3.63, 3.8) is 0 Å². The number of ether oxygens (including phenoxy) is 1. The van der Waals surface area contributed by atoms with Crippen molar-refractivity contribution in [2.45, 2.75) is 45.6 Å². The minimum atomic E-state index is -0.464.